The third kappa shape index (κ3) is 9.62. The van der Waals surface area contributed by atoms with Gasteiger partial charge in [0, 0.05) is 10.5 Å². The molecule has 0 fully saturated rings. The van der Waals surface area contributed by atoms with Crippen molar-refractivity contribution < 1.29 is 19.1 Å². The first-order chi connectivity index (χ1) is 12.2. The second-order valence-electron chi connectivity index (χ2n) is 5.10. The van der Waals surface area contributed by atoms with Crippen LogP contribution < -0.4 is 0 Å². The minimum Gasteiger partial charge on any atom is -0.463 e. The van der Waals surface area contributed by atoms with Crippen LogP contribution in [0.15, 0.2) is 53.0 Å². The molecule has 0 N–H and O–H groups in total. The predicted octanol–water partition coefficient (Wildman–Crippen LogP) is 5.51. The van der Waals surface area contributed by atoms with Gasteiger partial charge in [0.2, 0.25) is 3.79 Å². The molecular formula is C18H18BrCl3O4. The smallest absolute Gasteiger partial charge is 0.330 e. The molecule has 0 spiro atoms. The van der Waals surface area contributed by atoms with Gasteiger partial charge in [-0.15, -0.1) is 0 Å². The molecule has 0 heterocycles. The lowest BCUT2D eigenvalue weighted by Crippen LogP contribution is -2.22. The van der Waals surface area contributed by atoms with Gasteiger partial charge in [0.1, 0.15) is 6.61 Å². The number of rotatable bonds is 8. The van der Waals surface area contributed by atoms with Crippen LogP contribution in [0.25, 0.3) is 0 Å². The molecule has 0 aliphatic carbocycles. The Bertz CT molecular complexity index is 651. The highest BCUT2D eigenvalue weighted by Gasteiger charge is 2.26. The lowest BCUT2D eigenvalue weighted by Gasteiger charge is -2.17. The van der Waals surface area contributed by atoms with Crippen LogP contribution in [-0.2, 0) is 19.1 Å². The highest BCUT2D eigenvalue weighted by Crippen LogP contribution is 2.28. The maximum atomic E-state index is 12.4. The normalized spacial score (nSPS) is 13.1. The number of carbonyl (C=O) groups is 2. The summed E-state index contributed by atoms with van der Waals surface area (Å²) in [7, 11) is 0. The molecule has 1 atom stereocenters. The van der Waals surface area contributed by atoms with Crippen LogP contribution in [0.4, 0.5) is 0 Å². The molecule has 1 rings (SSSR count). The Kier molecular flexibility index (Phi) is 10.3. The molecule has 0 aliphatic heterocycles. The Hall–Kier alpha value is -1.01. The quantitative estimate of drug-likeness (QED) is 0.211. The highest BCUT2D eigenvalue weighted by atomic mass is 79.9. The first-order valence-corrected chi connectivity index (χ1v) is 9.64. The fourth-order valence-corrected chi connectivity index (χ4v) is 2.36. The molecule has 8 heteroatoms. The predicted molar refractivity (Wildman–Crippen MR) is 108 cm³/mol. The van der Waals surface area contributed by atoms with Crippen molar-refractivity contribution in [3.63, 3.8) is 0 Å². The van der Waals surface area contributed by atoms with Crippen LogP contribution in [0.5, 0.6) is 0 Å². The zero-order chi connectivity index (χ0) is 19.6. The van der Waals surface area contributed by atoms with Crippen molar-refractivity contribution in [2.75, 3.05) is 13.2 Å². The Morgan fingerprint density at radius 2 is 1.81 bits per heavy atom. The van der Waals surface area contributed by atoms with Crippen molar-refractivity contribution in [3.8, 4) is 0 Å². The number of hydrogen-bond acceptors (Lipinski definition) is 4. The summed E-state index contributed by atoms with van der Waals surface area (Å²) >= 11 is 20.2. The molecule has 0 unspecified atom stereocenters. The molecule has 0 aliphatic rings. The third-order valence-electron chi connectivity index (χ3n) is 3.07. The fourth-order valence-electron chi connectivity index (χ4n) is 1.93. The van der Waals surface area contributed by atoms with Crippen LogP contribution in [0.3, 0.4) is 0 Å². The van der Waals surface area contributed by atoms with E-state index >= 15 is 0 Å². The Morgan fingerprint density at radius 1 is 1.15 bits per heavy atom. The van der Waals surface area contributed by atoms with E-state index in [1.807, 2.05) is 24.3 Å². The maximum absolute atomic E-state index is 12.4. The van der Waals surface area contributed by atoms with E-state index in [9.17, 15) is 9.59 Å². The van der Waals surface area contributed by atoms with Crippen molar-refractivity contribution in [2.24, 2.45) is 0 Å². The Balaban J connectivity index is 2.79. The van der Waals surface area contributed by atoms with E-state index in [4.69, 9.17) is 44.3 Å². The minimum absolute atomic E-state index is 0.313. The molecule has 1 aromatic rings. The van der Waals surface area contributed by atoms with Crippen LogP contribution >= 0.6 is 50.7 Å². The summed E-state index contributed by atoms with van der Waals surface area (Å²) in [6, 6.07) is 7.28. The summed E-state index contributed by atoms with van der Waals surface area (Å²) in [5.74, 6) is -1.50. The van der Waals surface area contributed by atoms with Crippen molar-refractivity contribution in [3.05, 3.63) is 58.6 Å². The van der Waals surface area contributed by atoms with Crippen LogP contribution in [0, 0.1) is 0 Å². The molecular weight excluding hydrogens is 466 g/mol. The maximum Gasteiger partial charge on any atom is 0.330 e. The molecule has 0 saturated heterocycles. The summed E-state index contributed by atoms with van der Waals surface area (Å²) in [4.78, 5) is 23.6. The van der Waals surface area contributed by atoms with Gasteiger partial charge in [0.15, 0.2) is 0 Å². The molecule has 4 nitrogen and oxygen atoms in total. The fraction of sp³-hybridized carbons (Fsp3) is 0.333. The van der Waals surface area contributed by atoms with Crippen LogP contribution in [0.1, 0.15) is 24.8 Å². The van der Waals surface area contributed by atoms with Gasteiger partial charge in [-0.1, -0.05) is 81.1 Å². The zero-order valence-corrected chi connectivity index (χ0v) is 17.8. The Labute approximate surface area is 176 Å². The average molecular weight is 485 g/mol. The molecule has 0 amide bonds. The summed E-state index contributed by atoms with van der Waals surface area (Å²) in [6.07, 6.45) is 6.61. The zero-order valence-electron chi connectivity index (χ0n) is 14.0. The van der Waals surface area contributed by atoms with Crippen molar-refractivity contribution in [2.45, 2.75) is 23.1 Å². The van der Waals surface area contributed by atoms with E-state index in [-0.39, 0.29) is 6.61 Å². The van der Waals surface area contributed by atoms with Crippen molar-refractivity contribution in [1.29, 1.82) is 0 Å². The molecule has 0 radical (unpaired) electrons. The van der Waals surface area contributed by atoms with Crippen molar-refractivity contribution >= 4 is 62.7 Å². The van der Waals surface area contributed by atoms with Gasteiger partial charge in [-0.25, -0.2) is 4.79 Å². The molecule has 142 valence electrons. The van der Waals surface area contributed by atoms with Gasteiger partial charge in [0.25, 0.3) is 0 Å². The van der Waals surface area contributed by atoms with E-state index in [1.165, 1.54) is 6.08 Å². The summed E-state index contributed by atoms with van der Waals surface area (Å²) in [5.41, 5.74) is 0.765. The number of allylic oxidation sites excluding steroid dienone is 3. The summed E-state index contributed by atoms with van der Waals surface area (Å²) < 4.78 is 9.11. The van der Waals surface area contributed by atoms with E-state index in [0.29, 0.717) is 13.0 Å². The number of ether oxygens (including phenoxy) is 2. The second-order valence-corrected chi connectivity index (χ2v) is 8.53. The largest absolute Gasteiger partial charge is 0.463 e. The standard InChI is InChI=1S/C18H18BrCl3O4/c1-2-25-16(23)7-5-3-4-6-15(13-8-10-14(19)11-9-13)17(24)26-12-18(20,21)22/h3-5,7-11,15H,2,6,12H2,1H3/b4-3+,7-5+/t15-/m0/s1. The van der Waals surface area contributed by atoms with Crippen LogP contribution in [0.2, 0.25) is 0 Å². The van der Waals surface area contributed by atoms with Crippen LogP contribution in [-0.4, -0.2) is 28.9 Å². The first-order valence-electron chi connectivity index (χ1n) is 7.71. The summed E-state index contributed by atoms with van der Waals surface area (Å²) in [5, 5.41) is 0. The molecule has 0 bridgehead atoms. The van der Waals surface area contributed by atoms with E-state index < -0.39 is 21.6 Å². The lowest BCUT2D eigenvalue weighted by molar-refractivity contribution is -0.145. The third-order valence-corrected chi connectivity index (χ3v) is 3.93. The topological polar surface area (TPSA) is 52.6 Å². The lowest BCUT2D eigenvalue weighted by atomic mass is 9.95. The number of benzene rings is 1. The number of carbonyl (C=O) groups excluding carboxylic acids is 2. The molecule has 0 saturated carbocycles. The van der Waals surface area contributed by atoms with Gasteiger partial charge in [-0.2, -0.15) is 0 Å². The van der Waals surface area contributed by atoms with Gasteiger partial charge < -0.3 is 9.47 Å². The minimum atomic E-state index is -1.67. The van der Waals surface area contributed by atoms with Gasteiger partial charge >= 0.3 is 11.9 Å². The first kappa shape index (κ1) is 23.0. The Morgan fingerprint density at radius 3 is 2.38 bits per heavy atom. The van der Waals surface area contributed by atoms with E-state index in [2.05, 4.69) is 15.9 Å². The van der Waals surface area contributed by atoms with Gasteiger partial charge in [-0.05, 0) is 31.0 Å². The highest BCUT2D eigenvalue weighted by molar-refractivity contribution is 9.10. The second kappa shape index (κ2) is 11.7. The van der Waals surface area contributed by atoms with E-state index in [1.54, 1.807) is 25.2 Å². The molecule has 0 aromatic heterocycles. The molecule has 26 heavy (non-hydrogen) atoms. The van der Waals surface area contributed by atoms with Gasteiger partial charge in [-0.3, -0.25) is 4.79 Å². The van der Waals surface area contributed by atoms with Gasteiger partial charge in [0.05, 0.1) is 12.5 Å². The number of alkyl halides is 3. The number of hydrogen-bond donors (Lipinski definition) is 0. The van der Waals surface area contributed by atoms with Crippen molar-refractivity contribution in [1.82, 2.24) is 0 Å². The number of halogens is 4. The molecule has 1 aromatic carbocycles. The summed E-state index contributed by atoms with van der Waals surface area (Å²) in [6.45, 7) is 1.71. The number of esters is 2. The van der Waals surface area contributed by atoms with E-state index in [0.717, 1.165) is 10.0 Å². The SMILES string of the molecule is CCOC(=O)/C=C/C=C/C[C@H](C(=O)OCC(Cl)(Cl)Cl)c1ccc(Br)cc1. The monoisotopic (exact) mass is 482 g/mol. The average Bonchev–Trinajstić information content (AvgIpc) is 2.57.